The first-order chi connectivity index (χ1) is 24.1. The number of primary amides is 1. The lowest BCUT2D eigenvalue weighted by Gasteiger charge is -2.30. The number of aliphatic hydroxyl groups is 1. The van der Waals surface area contributed by atoms with Crippen LogP contribution in [0.5, 0.6) is 0 Å². The molecule has 12 N–H and O–H groups in total. The molecule has 7 amide bonds. The van der Waals surface area contributed by atoms with Crippen LogP contribution in [0.1, 0.15) is 65.2 Å². The topological polar surface area (TPSA) is 304 Å². The lowest BCUT2D eigenvalue weighted by atomic mass is 10.0. The molecule has 0 aliphatic carbocycles. The lowest BCUT2D eigenvalue weighted by molar-refractivity contribution is -0.143. The van der Waals surface area contributed by atoms with Gasteiger partial charge in [0.2, 0.25) is 41.4 Å². The molecular formula is C31H53N9O10S. The van der Waals surface area contributed by atoms with Crippen LogP contribution in [0.15, 0.2) is 0 Å². The molecule has 51 heavy (non-hydrogen) atoms. The van der Waals surface area contributed by atoms with Crippen LogP contribution in [-0.2, 0) is 38.4 Å². The molecule has 19 nitrogen and oxygen atoms in total. The highest BCUT2D eigenvalue weighted by Crippen LogP contribution is 2.19. The average molecular weight is 744 g/mol. The van der Waals surface area contributed by atoms with E-state index in [-0.39, 0.29) is 25.1 Å². The fraction of sp³-hybridized carbons (Fsp3) is 0.742. The number of nitrogens with two attached hydrogens (primary N) is 2. The third kappa shape index (κ3) is 13.2. The molecule has 2 saturated heterocycles. The van der Waals surface area contributed by atoms with Gasteiger partial charge in [0.15, 0.2) is 0 Å². The van der Waals surface area contributed by atoms with Gasteiger partial charge in [-0.2, -0.15) is 12.6 Å². The second kappa shape index (κ2) is 21.4. The average Bonchev–Trinajstić information content (AvgIpc) is 3.80. The Hall–Kier alpha value is -4.01. The van der Waals surface area contributed by atoms with Crippen molar-refractivity contribution in [3.8, 4) is 0 Å². The minimum Gasteiger partial charge on any atom is -0.480 e. The monoisotopic (exact) mass is 743 g/mol. The number of rotatable bonds is 21. The van der Waals surface area contributed by atoms with E-state index in [1.165, 1.54) is 4.90 Å². The summed E-state index contributed by atoms with van der Waals surface area (Å²) in [6.07, 6.45) is 2.33. The molecular weight excluding hydrogens is 690 g/mol. The van der Waals surface area contributed by atoms with Gasteiger partial charge in [0.1, 0.15) is 36.3 Å². The van der Waals surface area contributed by atoms with E-state index in [4.69, 9.17) is 11.5 Å². The van der Waals surface area contributed by atoms with Gasteiger partial charge in [-0.25, -0.2) is 4.79 Å². The van der Waals surface area contributed by atoms with Gasteiger partial charge in [-0.1, -0.05) is 13.8 Å². The molecule has 0 bridgehead atoms. The van der Waals surface area contributed by atoms with Crippen molar-refractivity contribution in [2.45, 2.75) is 108 Å². The molecule has 2 heterocycles. The van der Waals surface area contributed by atoms with Crippen LogP contribution in [0.4, 0.5) is 0 Å². The summed E-state index contributed by atoms with van der Waals surface area (Å²) >= 11 is 4.14. The zero-order valence-electron chi connectivity index (χ0n) is 29.0. The maximum absolute atomic E-state index is 13.4. The molecule has 0 spiro atoms. The van der Waals surface area contributed by atoms with Crippen LogP contribution in [-0.4, -0.2) is 137 Å². The summed E-state index contributed by atoms with van der Waals surface area (Å²) in [5, 5.41) is 34.7. The second-order valence-electron chi connectivity index (χ2n) is 13.0. The highest BCUT2D eigenvalue weighted by molar-refractivity contribution is 7.80. The molecule has 0 aromatic rings. The zero-order valence-corrected chi connectivity index (χ0v) is 29.9. The first kappa shape index (κ1) is 43.2. The summed E-state index contributed by atoms with van der Waals surface area (Å²) < 4.78 is 0. The van der Waals surface area contributed by atoms with E-state index in [9.17, 15) is 48.6 Å². The number of carbonyl (C=O) groups excluding carboxylic acids is 7. The molecule has 2 rings (SSSR count). The number of carboxylic acids is 1. The van der Waals surface area contributed by atoms with Crippen molar-refractivity contribution in [1.82, 2.24) is 36.8 Å². The Kier molecular flexibility index (Phi) is 18.1. The molecule has 0 aromatic heterocycles. The Labute approximate surface area is 301 Å². The Morgan fingerprint density at radius 1 is 0.843 bits per heavy atom. The van der Waals surface area contributed by atoms with Crippen LogP contribution < -0.4 is 43.4 Å². The predicted octanol–water partition coefficient (Wildman–Crippen LogP) is -4.18. The minimum atomic E-state index is -1.57. The number of hydrogen-bond donors (Lipinski definition) is 11. The normalized spacial score (nSPS) is 20.0. The van der Waals surface area contributed by atoms with Gasteiger partial charge in [-0.15, -0.1) is 0 Å². The highest BCUT2D eigenvalue weighted by Gasteiger charge is 2.40. The van der Waals surface area contributed by atoms with E-state index in [0.717, 1.165) is 6.42 Å². The fourth-order valence-corrected chi connectivity index (χ4v) is 6.07. The first-order valence-corrected chi connectivity index (χ1v) is 17.8. The van der Waals surface area contributed by atoms with Crippen LogP contribution in [0, 0.1) is 5.92 Å². The number of thiol groups is 1. The molecule has 2 fully saturated rings. The molecule has 2 aliphatic heterocycles. The van der Waals surface area contributed by atoms with Crippen LogP contribution in [0.2, 0.25) is 0 Å². The van der Waals surface area contributed by atoms with Crippen molar-refractivity contribution in [1.29, 1.82) is 0 Å². The molecule has 288 valence electrons. The van der Waals surface area contributed by atoms with Crippen molar-refractivity contribution < 1.29 is 48.6 Å². The van der Waals surface area contributed by atoms with Crippen molar-refractivity contribution in [3.63, 3.8) is 0 Å². The Morgan fingerprint density at radius 3 is 2.02 bits per heavy atom. The van der Waals surface area contributed by atoms with Gasteiger partial charge < -0.3 is 58.5 Å². The van der Waals surface area contributed by atoms with E-state index in [1.54, 1.807) is 13.8 Å². The number of aliphatic hydroxyl groups excluding tert-OH is 1. The van der Waals surface area contributed by atoms with Crippen LogP contribution in [0.3, 0.4) is 0 Å². The first-order valence-electron chi connectivity index (χ1n) is 17.1. The zero-order chi connectivity index (χ0) is 38.2. The van der Waals surface area contributed by atoms with Crippen LogP contribution >= 0.6 is 12.6 Å². The molecule has 0 radical (unpaired) electrons. The predicted molar refractivity (Wildman–Crippen MR) is 186 cm³/mol. The number of likely N-dealkylation sites (tertiary alicyclic amines) is 1. The number of carbonyl (C=O) groups is 8. The number of nitrogens with one attached hydrogen (secondary N) is 6. The number of hydrogen-bond acceptors (Lipinski definition) is 12. The quantitative estimate of drug-likeness (QED) is 0.0394. The Bertz CT molecular complexity index is 1270. The maximum atomic E-state index is 13.4. The number of aliphatic carboxylic acids is 1. The molecule has 0 aromatic carbocycles. The SMILES string of the molecule is CC(C)[C@H](NC(=O)[C@H](CCCCN)NC(=O)[C@H](CS)NC(=O)[C@H](CC(N)=O)NC(=O)[C@@H]1CCCN1C(=O)[C@H](CO)NC(=O)[C@@H]1CCCN1)C(=O)O. The van der Waals surface area contributed by atoms with Crippen molar-refractivity contribution >= 4 is 59.9 Å². The van der Waals surface area contributed by atoms with Gasteiger partial charge in [0.25, 0.3) is 0 Å². The third-order valence-electron chi connectivity index (χ3n) is 8.68. The smallest absolute Gasteiger partial charge is 0.326 e. The van der Waals surface area contributed by atoms with Gasteiger partial charge in [-0.3, -0.25) is 33.6 Å². The van der Waals surface area contributed by atoms with E-state index >= 15 is 0 Å². The highest BCUT2D eigenvalue weighted by atomic mass is 32.1. The summed E-state index contributed by atoms with van der Waals surface area (Å²) in [6.45, 7) is 3.59. The van der Waals surface area contributed by atoms with Gasteiger partial charge in [0, 0.05) is 12.3 Å². The largest absolute Gasteiger partial charge is 0.480 e. The fourth-order valence-electron chi connectivity index (χ4n) is 5.82. The lowest BCUT2D eigenvalue weighted by Crippen LogP contribution is -2.60. The summed E-state index contributed by atoms with van der Waals surface area (Å²) in [5.41, 5.74) is 10.9. The molecule has 7 atom stereocenters. The Balaban J connectivity index is 2.14. The molecule has 0 saturated carbocycles. The van der Waals surface area contributed by atoms with Gasteiger partial charge >= 0.3 is 5.97 Å². The summed E-state index contributed by atoms with van der Waals surface area (Å²) in [6, 6.07) is -8.27. The minimum absolute atomic E-state index is 0.113. The number of nitrogens with zero attached hydrogens (tertiary/aromatic N) is 1. The molecule has 20 heteroatoms. The maximum Gasteiger partial charge on any atom is 0.326 e. The molecule has 2 aliphatic rings. The van der Waals surface area contributed by atoms with E-state index in [0.29, 0.717) is 38.8 Å². The summed E-state index contributed by atoms with van der Waals surface area (Å²) in [7, 11) is 0. The standard InChI is InChI=1S/C31H53N9O10S/c1-16(2)24(31(49)50)39-26(44)18(7-3-4-10-32)35-28(46)21(15-51)38-27(45)19(13-23(33)42)36-29(47)22-9-6-12-40(22)30(48)20(14-41)37-25(43)17-8-5-11-34-17/h16-22,24,34,41,51H,3-15,32H2,1-2H3,(H2,33,42)(H,35,46)(H,36,47)(H,37,43)(H,38,45)(H,39,44)(H,49,50)/t17-,18-,19-,20-,21-,22-,24-/m0/s1. The van der Waals surface area contributed by atoms with Crippen molar-refractivity contribution in [2.75, 3.05) is 32.0 Å². The number of amides is 7. The van der Waals surface area contributed by atoms with E-state index in [2.05, 4.69) is 44.5 Å². The van der Waals surface area contributed by atoms with Crippen LogP contribution in [0.25, 0.3) is 0 Å². The van der Waals surface area contributed by atoms with E-state index in [1.807, 2.05) is 0 Å². The Morgan fingerprint density at radius 2 is 1.47 bits per heavy atom. The van der Waals surface area contributed by atoms with Crippen molar-refractivity contribution in [2.24, 2.45) is 17.4 Å². The number of carboxylic acid groups (broad SMARTS) is 1. The summed E-state index contributed by atoms with van der Waals surface area (Å²) in [5.74, 6) is -7.47. The summed E-state index contributed by atoms with van der Waals surface area (Å²) in [4.78, 5) is 104. The molecule has 0 unspecified atom stereocenters. The van der Waals surface area contributed by atoms with E-state index < -0.39 is 109 Å². The third-order valence-corrected chi connectivity index (χ3v) is 9.04. The second-order valence-corrected chi connectivity index (χ2v) is 13.3. The van der Waals surface area contributed by atoms with Gasteiger partial charge in [-0.05, 0) is 64.0 Å². The van der Waals surface area contributed by atoms with Gasteiger partial charge in [0.05, 0.1) is 19.1 Å². The number of unbranched alkanes of at least 4 members (excludes halogenated alkanes) is 1. The van der Waals surface area contributed by atoms with Crippen molar-refractivity contribution in [3.05, 3.63) is 0 Å².